The molecule has 2 atom stereocenters. The molecule has 6 heteroatoms. The molecule has 6 nitrogen and oxygen atoms in total. The zero-order valence-corrected chi connectivity index (χ0v) is 9.84. The average molecular weight is 244 g/mol. The molecule has 17 heavy (non-hydrogen) atoms. The minimum absolute atomic E-state index is 0.0720. The maximum atomic E-state index is 11.6. The van der Waals surface area contributed by atoms with Crippen molar-refractivity contribution in [3.05, 3.63) is 0 Å². The summed E-state index contributed by atoms with van der Waals surface area (Å²) in [6.07, 6.45) is 2.13. The lowest BCUT2D eigenvalue weighted by molar-refractivity contribution is -0.148. The van der Waals surface area contributed by atoms with Gasteiger partial charge in [-0.3, -0.25) is 4.79 Å². The number of likely N-dealkylation sites (tertiary alicyclic amines) is 1. The summed E-state index contributed by atoms with van der Waals surface area (Å²) in [7, 11) is 0. The second-order valence-electron chi connectivity index (χ2n) is 4.44. The first-order chi connectivity index (χ1) is 8.10. The summed E-state index contributed by atoms with van der Waals surface area (Å²) >= 11 is 0. The van der Waals surface area contributed by atoms with Crippen LogP contribution in [-0.4, -0.2) is 52.7 Å². The molecule has 1 rings (SSSR count). The summed E-state index contributed by atoms with van der Waals surface area (Å²) in [6, 6.07) is -0.773. The Morgan fingerprint density at radius 3 is 2.71 bits per heavy atom. The number of carbonyl (C=O) groups is 2. The second-order valence-corrected chi connectivity index (χ2v) is 4.44. The SMILES string of the molecule is NCCCCC(C(=O)O)N1CC(CO)CC1=O. The van der Waals surface area contributed by atoms with Gasteiger partial charge in [-0.1, -0.05) is 0 Å². The van der Waals surface area contributed by atoms with Crippen LogP contribution >= 0.6 is 0 Å². The Morgan fingerprint density at radius 1 is 1.53 bits per heavy atom. The third-order valence-corrected chi connectivity index (χ3v) is 3.09. The van der Waals surface area contributed by atoms with E-state index in [2.05, 4.69) is 0 Å². The number of carboxylic acids is 1. The van der Waals surface area contributed by atoms with E-state index >= 15 is 0 Å². The van der Waals surface area contributed by atoms with Crippen LogP contribution in [-0.2, 0) is 9.59 Å². The van der Waals surface area contributed by atoms with Crippen molar-refractivity contribution in [1.29, 1.82) is 0 Å². The van der Waals surface area contributed by atoms with Crippen LogP contribution in [0.3, 0.4) is 0 Å². The molecule has 0 aromatic rings. The van der Waals surface area contributed by atoms with Crippen LogP contribution < -0.4 is 5.73 Å². The van der Waals surface area contributed by atoms with Crippen LogP contribution in [0.15, 0.2) is 0 Å². The number of nitrogens with zero attached hydrogens (tertiary/aromatic N) is 1. The van der Waals surface area contributed by atoms with E-state index < -0.39 is 12.0 Å². The molecule has 1 saturated heterocycles. The topological polar surface area (TPSA) is 104 Å². The third kappa shape index (κ3) is 3.67. The van der Waals surface area contributed by atoms with Gasteiger partial charge in [0.25, 0.3) is 0 Å². The summed E-state index contributed by atoms with van der Waals surface area (Å²) in [4.78, 5) is 24.2. The van der Waals surface area contributed by atoms with E-state index in [1.807, 2.05) is 0 Å². The van der Waals surface area contributed by atoms with Gasteiger partial charge < -0.3 is 20.8 Å². The first kappa shape index (κ1) is 13.9. The summed E-state index contributed by atoms with van der Waals surface area (Å²) < 4.78 is 0. The van der Waals surface area contributed by atoms with Gasteiger partial charge in [-0.15, -0.1) is 0 Å². The van der Waals surface area contributed by atoms with Crippen molar-refractivity contribution < 1.29 is 19.8 Å². The number of amides is 1. The van der Waals surface area contributed by atoms with Crippen molar-refractivity contribution in [2.45, 2.75) is 31.7 Å². The summed E-state index contributed by atoms with van der Waals surface area (Å²) in [6.45, 7) is 0.797. The van der Waals surface area contributed by atoms with E-state index in [1.54, 1.807) is 0 Å². The molecule has 0 saturated carbocycles. The van der Waals surface area contributed by atoms with Crippen molar-refractivity contribution in [1.82, 2.24) is 4.90 Å². The number of nitrogens with two attached hydrogens (primary N) is 1. The Bertz CT molecular complexity index is 283. The molecular weight excluding hydrogens is 224 g/mol. The zero-order chi connectivity index (χ0) is 12.8. The van der Waals surface area contributed by atoms with Crippen molar-refractivity contribution in [2.75, 3.05) is 19.7 Å². The highest BCUT2D eigenvalue weighted by Crippen LogP contribution is 2.22. The van der Waals surface area contributed by atoms with Crippen LogP contribution in [0, 0.1) is 5.92 Å². The molecule has 1 amide bonds. The standard InChI is InChI=1S/C11H20N2O4/c12-4-2-1-3-9(11(16)17)13-6-8(7-14)5-10(13)15/h8-9,14H,1-7,12H2,(H,16,17). The Hall–Kier alpha value is -1.14. The van der Waals surface area contributed by atoms with Crippen LogP contribution in [0.4, 0.5) is 0 Å². The van der Waals surface area contributed by atoms with Crippen molar-refractivity contribution in [3.8, 4) is 0 Å². The fourth-order valence-electron chi connectivity index (χ4n) is 2.13. The van der Waals surface area contributed by atoms with Gasteiger partial charge in [-0.25, -0.2) is 4.79 Å². The van der Waals surface area contributed by atoms with Crippen LogP contribution in [0.25, 0.3) is 0 Å². The number of aliphatic carboxylic acids is 1. The van der Waals surface area contributed by atoms with Gasteiger partial charge in [0.15, 0.2) is 0 Å². The lowest BCUT2D eigenvalue weighted by Gasteiger charge is -2.24. The van der Waals surface area contributed by atoms with Gasteiger partial charge in [0.2, 0.25) is 5.91 Å². The lowest BCUT2D eigenvalue weighted by atomic mass is 10.1. The number of unbranched alkanes of at least 4 members (excludes halogenated alkanes) is 1. The first-order valence-electron chi connectivity index (χ1n) is 5.93. The highest BCUT2D eigenvalue weighted by molar-refractivity contribution is 5.85. The quantitative estimate of drug-likeness (QED) is 0.519. The molecule has 0 aromatic heterocycles. The van der Waals surface area contributed by atoms with Crippen molar-refractivity contribution in [3.63, 3.8) is 0 Å². The van der Waals surface area contributed by atoms with Crippen molar-refractivity contribution in [2.24, 2.45) is 11.7 Å². The summed E-state index contributed by atoms with van der Waals surface area (Å²) in [5, 5.41) is 18.1. The molecule has 98 valence electrons. The Kier molecular flexibility index (Phi) is 5.37. The minimum atomic E-state index is -0.978. The summed E-state index contributed by atoms with van der Waals surface area (Å²) in [5.74, 6) is -1.28. The van der Waals surface area contributed by atoms with E-state index in [4.69, 9.17) is 15.9 Å². The largest absolute Gasteiger partial charge is 0.480 e. The third-order valence-electron chi connectivity index (χ3n) is 3.09. The number of rotatable bonds is 7. The molecule has 0 radical (unpaired) electrons. The minimum Gasteiger partial charge on any atom is -0.480 e. The van der Waals surface area contributed by atoms with Crippen LogP contribution in [0.5, 0.6) is 0 Å². The Morgan fingerprint density at radius 2 is 2.24 bits per heavy atom. The van der Waals surface area contributed by atoms with Gasteiger partial charge in [0.1, 0.15) is 6.04 Å². The molecule has 1 heterocycles. The van der Waals surface area contributed by atoms with Gasteiger partial charge >= 0.3 is 5.97 Å². The zero-order valence-electron chi connectivity index (χ0n) is 9.84. The van der Waals surface area contributed by atoms with Gasteiger partial charge in [-0.2, -0.15) is 0 Å². The number of aliphatic hydroxyl groups is 1. The number of hydrogen-bond acceptors (Lipinski definition) is 4. The molecule has 0 bridgehead atoms. The maximum absolute atomic E-state index is 11.6. The number of hydrogen-bond donors (Lipinski definition) is 3. The second kappa shape index (κ2) is 6.56. The first-order valence-corrected chi connectivity index (χ1v) is 5.93. The maximum Gasteiger partial charge on any atom is 0.326 e. The van der Waals surface area contributed by atoms with Gasteiger partial charge in [-0.05, 0) is 25.8 Å². The normalized spacial score (nSPS) is 21.9. The molecule has 1 aliphatic rings. The highest BCUT2D eigenvalue weighted by atomic mass is 16.4. The lowest BCUT2D eigenvalue weighted by Crippen LogP contribution is -2.42. The monoisotopic (exact) mass is 244 g/mol. The fourth-order valence-corrected chi connectivity index (χ4v) is 2.13. The number of carbonyl (C=O) groups excluding carboxylic acids is 1. The highest BCUT2D eigenvalue weighted by Gasteiger charge is 2.36. The summed E-state index contributed by atoms with van der Waals surface area (Å²) in [5.41, 5.74) is 5.35. The van der Waals surface area contributed by atoms with E-state index in [1.165, 1.54) is 4.90 Å². The molecular formula is C11H20N2O4. The fraction of sp³-hybridized carbons (Fsp3) is 0.818. The molecule has 2 unspecified atom stereocenters. The molecule has 1 aliphatic heterocycles. The van der Waals surface area contributed by atoms with Crippen LogP contribution in [0.2, 0.25) is 0 Å². The molecule has 0 aromatic carbocycles. The Balaban J connectivity index is 2.58. The molecule has 0 spiro atoms. The molecule has 0 aliphatic carbocycles. The van der Waals surface area contributed by atoms with E-state index in [0.29, 0.717) is 25.9 Å². The van der Waals surface area contributed by atoms with Crippen molar-refractivity contribution >= 4 is 11.9 Å². The van der Waals surface area contributed by atoms with Gasteiger partial charge in [0.05, 0.1) is 0 Å². The smallest absolute Gasteiger partial charge is 0.326 e. The molecule has 1 fully saturated rings. The van der Waals surface area contributed by atoms with Gasteiger partial charge in [0, 0.05) is 25.5 Å². The number of carboxylic acid groups (broad SMARTS) is 1. The van der Waals surface area contributed by atoms with E-state index in [0.717, 1.165) is 6.42 Å². The Labute approximate surface area is 100 Å². The predicted molar refractivity (Wildman–Crippen MR) is 61.2 cm³/mol. The number of aliphatic hydroxyl groups excluding tert-OH is 1. The average Bonchev–Trinajstić information content (AvgIpc) is 2.65. The molecule has 4 N–H and O–H groups in total. The predicted octanol–water partition coefficient (Wildman–Crippen LogP) is -0.591. The van der Waals surface area contributed by atoms with Crippen LogP contribution in [0.1, 0.15) is 25.7 Å². The van der Waals surface area contributed by atoms with E-state index in [9.17, 15) is 9.59 Å². The van der Waals surface area contributed by atoms with E-state index in [-0.39, 0.29) is 24.9 Å².